The molecule has 1 amide bonds. The Kier molecular flexibility index (Phi) is 8.37. The summed E-state index contributed by atoms with van der Waals surface area (Å²) in [6.45, 7) is 2.61. The molecule has 0 aliphatic heterocycles. The molecule has 0 saturated carbocycles. The molecule has 5 atom stereocenters. The van der Waals surface area contributed by atoms with Crippen LogP contribution >= 0.6 is 0 Å². The predicted octanol–water partition coefficient (Wildman–Crippen LogP) is -2.96. The van der Waals surface area contributed by atoms with Crippen LogP contribution in [0.2, 0.25) is 0 Å². The number of amides is 1. The van der Waals surface area contributed by atoms with E-state index < -0.39 is 48.9 Å². The zero-order valence-corrected chi connectivity index (χ0v) is 11.9. The van der Waals surface area contributed by atoms with Crippen molar-refractivity contribution < 1.29 is 40.2 Å². The molecule has 0 aromatic heterocycles. The van der Waals surface area contributed by atoms with Crippen molar-refractivity contribution in [3.63, 3.8) is 0 Å². The lowest BCUT2D eigenvalue weighted by Crippen LogP contribution is -2.54. The Morgan fingerprint density at radius 1 is 1.05 bits per heavy atom. The molecule has 0 aliphatic carbocycles. The normalized spacial score (nSPS) is 18.7. The number of carboxylic acid groups (broad SMARTS) is 1. The number of carbonyl (C=O) groups excluding carboxylic acids is 1. The Hall–Kier alpha value is -1.26. The van der Waals surface area contributed by atoms with Gasteiger partial charge >= 0.3 is 5.97 Å². The van der Waals surface area contributed by atoms with Crippen LogP contribution in [0, 0.1) is 5.92 Å². The SMILES string of the molecule is CC(C)C[C@H](NC(=O)[C@@H](O)[C@H](O)[C@H](O)[C@H](O)CO)C(=O)O. The van der Waals surface area contributed by atoms with Crippen LogP contribution in [0.1, 0.15) is 20.3 Å². The first-order valence-corrected chi connectivity index (χ1v) is 6.48. The van der Waals surface area contributed by atoms with Crippen LogP contribution in [0.5, 0.6) is 0 Å². The third kappa shape index (κ3) is 6.36. The van der Waals surface area contributed by atoms with Gasteiger partial charge in [0.1, 0.15) is 24.4 Å². The maximum absolute atomic E-state index is 11.7. The van der Waals surface area contributed by atoms with Gasteiger partial charge in [0.25, 0.3) is 5.91 Å². The van der Waals surface area contributed by atoms with E-state index in [1.54, 1.807) is 13.8 Å². The summed E-state index contributed by atoms with van der Waals surface area (Å²) in [4.78, 5) is 22.6. The number of hydrogen-bond donors (Lipinski definition) is 7. The summed E-state index contributed by atoms with van der Waals surface area (Å²) >= 11 is 0. The molecule has 0 radical (unpaired) electrons. The summed E-state index contributed by atoms with van der Waals surface area (Å²) in [7, 11) is 0. The Morgan fingerprint density at radius 3 is 1.95 bits per heavy atom. The van der Waals surface area contributed by atoms with E-state index in [9.17, 15) is 24.9 Å². The third-order valence-corrected chi connectivity index (χ3v) is 2.85. The van der Waals surface area contributed by atoms with Crippen molar-refractivity contribution in [1.82, 2.24) is 5.32 Å². The Balaban J connectivity index is 4.71. The van der Waals surface area contributed by atoms with Crippen LogP contribution in [-0.4, -0.2) is 79.6 Å². The average Bonchev–Trinajstić information content (AvgIpc) is 2.42. The Bertz CT molecular complexity index is 348. The fourth-order valence-corrected chi connectivity index (χ4v) is 1.63. The first kappa shape index (κ1) is 19.7. The largest absolute Gasteiger partial charge is 0.480 e. The van der Waals surface area contributed by atoms with Crippen LogP contribution in [0.3, 0.4) is 0 Å². The number of carbonyl (C=O) groups is 2. The third-order valence-electron chi connectivity index (χ3n) is 2.85. The fourth-order valence-electron chi connectivity index (χ4n) is 1.63. The van der Waals surface area contributed by atoms with Gasteiger partial charge in [-0.05, 0) is 12.3 Å². The van der Waals surface area contributed by atoms with Crippen molar-refractivity contribution in [2.45, 2.75) is 50.7 Å². The van der Waals surface area contributed by atoms with E-state index in [0.717, 1.165) is 0 Å². The Morgan fingerprint density at radius 2 is 1.57 bits per heavy atom. The molecule has 0 aliphatic rings. The summed E-state index contributed by atoms with van der Waals surface area (Å²) in [5, 5.41) is 57.2. The maximum Gasteiger partial charge on any atom is 0.326 e. The predicted molar refractivity (Wildman–Crippen MR) is 70.1 cm³/mol. The molecule has 0 unspecified atom stereocenters. The van der Waals surface area contributed by atoms with E-state index in [2.05, 4.69) is 0 Å². The van der Waals surface area contributed by atoms with Gasteiger partial charge < -0.3 is 36.0 Å². The van der Waals surface area contributed by atoms with Crippen LogP contribution < -0.4 is 5.32 Å². The van der Waals surface area contributed by atoms with Gasteiger partial charge in [0.2, 0.25) is 0 Å². The van der Waals surface area contributed by atoms with Crippen LogP contribution in [0.25, 0.3) is 0 Å². The first-order valence-electron chi connectivity index (χ1n) is 6.48. The van der Waals surface area contributed by atoms with Gasteiger partial charge in [0, 0.05) is 0 Å². The molecule has 9 nitrogen and oxygen atoms in total. The fraction of sp³-hybridized carbons (Fsp3) is 0.833. The van der Waals surface area contributed by atoms with E-state index in [1.165, 1.54) is 0 Å². The zero-order valence-electron chi connectivity index (χ0n) is 11.9. The average molecular weight is 309 g/mol. The smallest absolute Gasteiger partial charge is 0.326 e. The molecule has 0 spiro atoms. The molecular formula is C12H23NO8. The minimum absolute atomic E-state index is 0.0322. The summed E-state index contributed by atoms with van der Waals surface area (Å²) in [6, 6.07) is -1.25. The molecule has 0 bridgehead atoms. The number of nitrogens with one attached hydrogen (secondary N) is 1. The van der Waals surface area contributed by atoms with Crippen molar-refractivity contribution in [2.24, 2.45) is 5.92 Å². The number of aliphatic hydroxyl groups is 5. The standard InChI is InChI=1S/C12H23NO8/c1-5(2)3-6(12(20)21)13-11(19)10(18)9(17)8(16)7(15)4-14/h5-10,14-18H,3-4H2,1-2H3,(H,13,19)(H,20,21)/t6-,7+,8+,9+,10-/m0/s1. The number of hydrogen-bond acceptors (Lipinski definition) is 7. The Labute approximate surface area is 121 Å². The zero-order chi connectivity index (χ0) is 16.7. The molecule has 0 aromatic carbocycles. The molecule has 7 N–H and O–H groups in total. The van der Waals surface area contributed by atoms with E-state index in [4.69, 9.17) is 15.3 Å². The van der Waals surface area contributed by atoms with E-state index in [1.807, 2.05) is 5.32 Å². The van der Waals surface area contributed by atoms with E-state index >= 15 is 0 Å². The molecule has 9 heteroatoms. The van der Waals surface area contributed by atoms with Crippen molar-refractivity contribution >= 4 is 11.9 Å². The highest BCUT2D eigenvalue weighted by atomic mass is 16.4. The molecule has 0 rings (SSSR count). The minimum Gasteiger partial charge on any atom is -0.480 e. The molecular weight excluding hydrogens is 286 g/mol. The maximum atomic E-state index is 11.7. The van der Waals surface area contributed by atoms with Gasteiger partial charge in [-0.25, -0.2) is 4.79 Å². The lowest BCUT2D eigenvalue weighted by molar-refractivity contribution is -0.153. The molecule has 0 aromatic rings. The highest BCUT2D eigenvalue weighted by molar-refractivity contribution is 5.86. The van der Waals surface area contributed by atoms with Crippen LogP contribution in [0.4, 0.5) is 0 Å². The summed E-state index contributed by atoms with van der Waals surface area (Å²) in [5.41, 5.74) is 0. The summed E-state index contributed by atoms with van der Waals surface area (Å²) in [5.74, 6) is -2.52. The number of carboxylic acids is 1. The lowest BCUT2D eigenvalue weighted by Gasteiger charge is -2.26. The molecule has 0 heterocycles. The lowest BCUT2D eigenvalue weighted by atomic mass is 10.0. The highest BCUT2D eigenvalue weighted by Crippen LogP contribution is 2.08. The highest BCUT2D eigenvalue weighted by Gasteiger charge is 2.35. The van der Waals surface area contributed by atoms with E-state index in [0.29, 0.717) is 0 Å². The first-order chi connectivity index (χ1) is 9.61. The molecule has 21 heavy (non-hydrogen) atoms. The second-order valence-corrected chi connectivity index (χ2v) is 5.20. The van der Waals surface area contributed by atoms with Crippen molar-refractivity contribution in [3.8, 4) is 0 Å². The molecule has 0 saturated heterocycles. The van der Waals surface area contributed by atoms with Gasteiger partial charge in [-0.3, -0.25) is 4.79 Å². The molecule has 124 valence electrons. The second-order valence-electron chi connectivity index (χ2n) is 5.20. The summed E-state index contributed by atoms with van der Waals surface area (Å²) < 4.78 is 0. The number of aliphatic carboxylic acids is 1. The number of rotatable bonds is 9. The van der Waals surface area contributed by atoms with Crippen molar-refractivity contribution in [3.05, 3.63) is 0 Å². The van der Waals surface area contributed by atoms with Gasteiger partial charge in [0.15, 0.2) is 6.10 Å². The minimum atomic E-state index is -2.14. The quantitative estimate of drug-likeness (QED) is 0.237. The van der Waals surface area contributed by atoms with Crippen LogP contribution in [0.15, 0.2) is 0 Å². The molecule has 0 fully saturated rings. The second kappa shape index (κ2) is 8.90. The van der Waals surface area contributed by atoms with E-state index in [-0.39, 0.29) is 12.3 Å². The topological polar surface area (TPSA) is 168 Å². The number of aliphatic hydroxyl groups excluding tert-OH is 5. The van der Waals surface area contributed by atoms with Crippen molar-refractivity contribution in [2.75, 3.05) is 6.61 Å². The van der Waals surface area contributed by atoms with Gasteiger partial charge in [0.05, 0.1) is 6.61 Å². The monoisotopic (exact) mass is 309 g/mol. The van der Waals surface area contributed by atoms with Crippen molar-refractivity contribution in [1.29, 1.82) is 0 Å². The van der Waals surface area contributed by atoms with Gasteiger partial charge in [-0.2, -0.15) is 0 Å². The van der Waals surface area contributed by atoms with Crippen LogP contribution in [-0.2, 0) is 9.59 Å². The van der Waals surface area contributed by atoms with Gasteiger partial charge in [-0.1, -0.05) is 13.8 Å². The van der Waals surface area contributed by atoms with Gasteiger partial charge in [-0.15, -0.1) is 0 Å². The summed E-state index contributed by atoms with van der Waals surface area (Å²) in [6.07, 6.45) is -7.79.